The van der Waals surface area contributed by atoms with Gasteiger partial charge in [0.1, 0.15) is 0 Å². The van der Waals surface area contributed by atoms with Gasteiger partial charge in [-0.25, -0.2) is 0 Å². The second-order valence-electron chi connectivity index (χ2n) is 5.01. The number of nitrogens with one attached hydrogen (secondary N) is 1. The van der Waals surface area contributed by atoms with Gasteiger partial charge in [0, 0.05) is 25.0 Å². The average Bonchev–Trinajstić information content (AvgIpc) is 2.21. The summed E-state index contributed by atoms with van der Waals surface area (Å²) in [6.07, 6.45) is 2.65. The van der Waals surface area contributed by atoms with Gasteiger partial charge in [-0.1, -0.05) is 0 Å². The molecule has 4 nitrogen and oxygen atoms in total. The number of hydrogen-bond donors (Lipinski definition) is 2. The Morgan fingerprint density at radius 2 is 2.31 bits per heavy atom. The lowest BCUT2D eigenvalue weighted by Gasteiger charge is -2.35. The second-order valence-corrected chi connectivity index (χ2v) is 5.01. The molecule has 0 aliphatic carbocycles. The first-order valence-corrected chi connectivity index (χ1v) is 6.16. The van der Waals surface area contributed by atoms with E-state index in [0.717, 1.165) is 19.4 Å². The van der Waals surface area contributed by atoms with Gasteiger partial charge in [-0.05, 0) is 40.2 Å². The molecule has 16 heavy (non-hydrogen) atoms. The number of carbonyl (C=O) groups is 1. The largest absolute Gasteiger partial charge is 0.393 e. The molecule has 0 radical (unpaired) electrons. The number of hydrogen-bond acceptors (Lipinski definition) is 3. The van der Waals surface area contributed by atoms with Crippen LogP contribution in [0.5, 0.6) is 0 Å². The minimum atomic E-state index is -0.387. The molecule has 1 aliphatic heterocycles. The molecule has 4 heteroatoms. The predicted molar refractivity (Wildman–Crippen MR) is 64.2 cm³/mol. The zero-order valence-corrected chi connectivity index (χ0v) is 10.6. The van der Waals surface area contributed by atoms with Crippen LogP contribution in [0, 0.1) is 0 Å². The summed E-state index contributed by atoms with van der Waals surface area (Å²) in [6, 6.07) is 0.850. The van der Waals surface area contributed by atoms with Crippen molar-refractivity contribution in [2.45, 2.75) is 57.7 Å². The molecule has 94 valence electrons. The molecular formula is C12H24N2O2. The van der Waals surface area contributed by atoms with Crippen molar-refractivity contribution in [3.63, 3.8) is 0 Å². The van der Waals surface area contributed by atoms with Crippen LogP contribution in [-0.2, 0) is 4.79 Å². The van der Waals surface area contributed by atoms with Gasteiger partial charge in [-0.15, -0.1) is 0 Å². The molecule has 1 heterocycles. The number of amides is 1. The lowest BCUT2D eigenvalue weighted by atomic mass is 9.99. The van der Waals surface area contributed by atoms with E-state index in [2.05, 4.69) is 24.2 Å². The smallest absolute Gasteiger partial charge is 0.220 e. The van der Waals surface area contributed by atoms with E-state index in [1.54, 1.807) is 6.92 Å². The zero-order valence-electron chi connectivity index (χ0n) is 10.6. The summed E-state index contributed by atoms with van der Waals surface area (Å²) in [4.78, 5) is 13.9. The van der Waals surface area contributed by atoms with Gasteiger partial charge in [-0.3, -0.25) is 4.79 Å². The quantitative estimate of drug-likeness (QED) is 0.746. The maximum atomic E-state index is 11.6. The highest BCUT2D eigenvalue weighted by Gasteiger charge is 2.23. The van der Waals surface area contributed by atoms with Crippen LogP contribution in [0.2, 0.25) is 0 Å². The first kappa shape index (κ1) is 13.5. The minimum Gasteiger partial charge on any atom is -0.393 e. The van der Waals surface area contributed by atoms with Crippen molar-refractivity contribution in [3.05, 3.63) is 0 Å². The van der Waals surface area contributed by atoms with Gasteiger partial charge < -0.3 is 15.3 Å². The summed E-state index contributed by atoms with van der Waals surface area (Å²) >= 11 is 0. The Hall–Kier alpha value is -0.610. The molecular weight excluding hydrogens is 204 g/mol. The lowest BCUT2D eigenvalue weighted by Crippen LogP contribution is -2.47. The van der Waals surface area contributed by atoms with Crippen LogP contribution in [0.3, 0.4) is 0 Å². The number of carbonyl (C=O) groups excluding carboxylic acids is 1. The molecule has 0 saturated carbocycles. The summed E-state index contributed by atoms with van der Waals surface area (Å²) < 4.78 is 0. The molecule has 0 aromatic heterocycles. The molecule has 3 atom stereocenters. The van der Waals surface area contributed by atoms with E-state index in [9.17, 15) is 4.79 Å². The Morgan fingerprint density at radius 1 is 1.62 bits per heavy atom. The fourth-order valence-corrected chi connectivity index (χ4v) is 2.06. The van der Waals surface area contributed by atoms with Gasteiger partial charge in [0.15, 0.2) is 0 Å². The molecule has 1 saturated heterocycles. The van der Waals surface area contributed by atoms with Gasteiger partial charge in [0.2, 0.25) is 5.91 Å². The summed E-state index contributed by atoms with van der Waals surface area (Å²) in [5, 5.41) is 12.1. The molecule has 2 N–H and O–H groups in total. The number of aliphatic hydroxyl groups excluding tert-OH is 1. The van der Waals surface area contributed by atoms with Crippen molar-refractivity contribution in [2.75, 3.05) is 13.6 Å². The van der Waals surface area contributed by atoms with Crippen LogP contribution < -0.4 is 5.32 Å². The third-order valence-corrected chi connectivity index (χ3v) is 3.36. The number of aliphatic hydroxyl groups is 1. The van der Waals surface area contributed by atoms with Crippen molar-refractivity contribution in [2.24, 2.45) is 0 Å². The van der Waals surface area contributed by atoms with Crippen LogP contribution in [0.15, 0.2) is 0 Å². The van der Waals surface area contributed by atoms with E-state index in [1.165, 1.54) is 0 Å². The van der Waals surface area contributed by atoms with E-state index in [-0.39, 0.29) is 12.0 Å². The lowest BCUT2D eigenvalue weighted by molar-refractivity contribution is -0.122. The molecule has 1 aliphatic rings. The van der Waals surface area contributed by atoms with Crippen molar-refractivity contribution in [1.29, 1.82) is 0 Å². The van der Waals surface area contributed by atoms with Crippen LogP contribution in [0.25, 0.3) is 0 Å². The molecule has 1 amide bonds. The summed E-state index contributed by atoms with van der Waals surface area (Å²) in [5.74, 6) is 0.0719. The standard InChI is InChI=1S/C12H24N2O2/c1-9-8-11(6-7-14(9)3)13-12(16)5-4-10(2)15/h9-11,15H,4-8H2,1-3H3,(H,13,16). The van der Waals surface area contributed by atoms with Gasteiger partial charge >= 0.3 is 0 Å². The van der Waals surface area contributed by atoms with E-state index in [4.69, 9.17) is 5.11 Å². The van der Waals surface area contributed by atoms with Crippen molar-refractivity contribution < 1.29 is 9.90 Å². The van der Waals surface area contributed by atoms with Crippen molar-refractivity contribution in [3.8, 4) is 0 Å². The highest BCUT2D eigenvalue weighted by molar-refractivity contribution is 5.76. The van der Waals surface area contributed by atoms with Crippen molar-refractivity contribution in [1.82, 2.24) is 10.2 Å². The van der Waals surface area contributed by atoms with E-state index in [0.29, 0.717) is 24.9 Å². The number of likely N-dealkylation sites (tertiary alicyclic amines) is 1. The first-order chi connectivity index (χ1) is 7.49. The fourth-order valence-electron chi connectivity index (χ4n) is 2.06. The Balaban J connectivity index is 2.24. The predicted octanol–water partition coefficient (Wildman–Crippen LogP) is 0.746. The third-order valence-electron chi connectivity index (χ3n) is 3.36. The Morgan fingerprint density at radius 3 is 2.88 bits per heavy atom. The monoisotopic (exact) mass is 228 g/mol. The second kappa shape index (κ2) is 6.21. The Kier molecular flexibility index (Phi) is 5.22. The minimum absolute atomic E-state index is 0.0719. The Labute approximate surface area is 98.0 Å². The van der Waals surface area contributed by atoms with Crippen LogP contribution in [0.1, 0.15) is 39.5 Å². The first-order valence-electron chi connectivity index (χ1n) is 6.16. The maximum absolute atomic E-state index is 11.6. The van der Waals surface area contributed by atoms with Crippen LogP contribution >= 0.6 is 0 Å². The van der Waals surface area contributed by atoms with Gasteiger partial charge in [0.25, 0.3) is 0 Å². The third kappa shape index (κ3) is 4.49. The summed E-state index contributed by atoms with van der Waals surface area (Å²) in [7, 11) is 2.12. The Bertz CT molecular complexity index is 231. The van der Waals surface area contributed by atoms with Gasteiger partial charge in [0.05, 0.1) is 6.10 Å². The molecule has 0 bridgehead atoms. The zero-order chi connectivity index (χ0) is 12.1. The van der Waals surface area contributed by atoms with Crippen molar-refractivity contribution >= 4 is 5.91 Å². The molecule has 1 rings (SSSR count). The molecule has 1 fully saturated rings. The van der Waals surface area contributed by atoms with Gasteiger partial charge in [-0.2, -0.15) is 0 Å². The number of piperidine rings is 1. The summed E-state index contributed by atoms with van der Waals surface area (Å²) in [6.45, 7) is 4.95. The van der Waals surface area contributed by atoms with E-state index < -0.39 is 0 Å². The highest BCUT2D eigenvalue weighted by atomic mass is 16.3. The molecule has 0 aromatic carbocycles. The number of rotatable bonds is 4. The molecule has 3 unspecified atom stereocenters. The van der Waals surface area contributed by atoms with E-state index >= 15 is 0 Å². The maximum Gasteiger partial charge on any atom is 0.220 e. The topological polar surface area (TPSA) is 52.6 Å². The summed E-state index contributed by atoms with van der Waals surface area (Å²) in [5.41, 5.74) is 0. The average molecular weight is 228 g/mol. The van der Waals surface area contributed by atoms with E-state index in [1.807, 2.05) is 0 Å². The number of nitrogens with zero attached hydrogens (tertiary/aromatic N) is 1. The van der Waals surface area contributed by atoms with Crippen LogP contribution in [0.4, 0.5) is 0 Å². The SMILES string of the molecule is CC(O)CCC(=O)NC1CCN(C)C(C)C1. The normalized spacial score (nSPS) is 28.8. The fraction of sp³-hybridized carbons (Fsp3) is 0.917. The molecule has 0 aromatic rings. The highest BCUT2D eigenvalue weighted by Crippen LogP contribution is 2.15. The molecule has 0 spiro atoms. The van der Waals surface area contributed by atoms with Crippen LogP contribution in [-0.4, -0.2) is 47.7 Å².